The lowest BCUT2D eigenvalue weighted by Crippen LogP contribution is -2.54. The first-order valence-electron chi connectivity index (χ1n) is 11.2. The van der Waals surface area contributed by atoms with Crippen molar-refractivity contribution in [1.82, 2.24) is 0 Å². The molecule has 0 aromatic rings. The lowest BCUT2D eigenvalue weighted by molar-refractivity contribution is -0.141. The number of Topliss-reactive ketones (excluding diaryl/α,β-unsaturated/α-hetero) is 1. The van der Waals surface area contributed by atoms with Gasteiger partial charge in [-0.2, -0.15) is 0 Å². The van der Waals surface area contributed by atoms with Gasteiger partial charge in [-0.3, -0.25) is 4.79 Å². The SMILES string of the molecule is C=C/C=C1/CCC2C(CCC3(C)C2CCC3(C(C)=O)C2=CCO2)C1(C)/C=C\C. The summed E-state index contributed by atoms with van der Waals surface area (Å²) in [5, 5.41) is 0. The van der Waals surface area contributed by atoms with Crippen LogP contribution in [0.2, 0.25) is 0 Å². The van der Waals surface area contributed by atoms with Gasteiger partial charge >= 0.3 is 0 Å². The minimum absolute atomic E-state index is 0.0305. The Hall–Kier alpha value is -1.57. The van der Waals surface area contributed by atoms with Crippen molar-refractivity contribution in [3.63, 3.8) is 0 Å². The normalized spacial score (nSPS) is 46.4. The Balaban J connectivity index is 1.75. The van der Waals surface area contributed by atoms with Gasteiger partial charge in [0.05, 0.1) is 5.41 Å². The summed E-state index contributed by atoms with van der Waals surface area (Å²) in [7, 11) is 0. The fourth-order valence-corrected chi connectivity index (χ4v) is 7.91. The second kappa shape index (κ2) is 6.75. The summed E-state index contributed by atoms with van der Waals surface area (Å²) < 4.78 is 5.87. The fourth-order valence-electron chi connectivity index (χ4n) is 7.91. The molecule has 3 saturated carbocycles. The van der Waals surface area contributed by atoms with E-state index >= 15 is 0 Å². The lowest BCUT2D eigenvalue weighted by atomic mass is 9.45. The van der Waals surface area contributed by atoms with Crippen molar-refractivity contribution in [1.29, 1.82) is 0 Å². The van der Waals surface area contributed by atoms with Gasteiger partial charge in [0.15, 0.2) is 0 Å². The van der Waals surface area contributed by atoms with E-state index in [4.69, 9.17) is 4.74 Å². The topological polar surface area (TPSA) is 26.3 Å². The summed E-state index contributed by atoms with van der Waals surface area (Å²) in [5.74, 6) is 3.25. The van der Waals surface area contributed by atoms with Crippen molar-refractivity contribution in [3.05, 3.63) is 48.3 Å². The molecule has 2 heteroatoms. The number of allylic oxidation sites excluding steroid dienone is 6. The largest absolute Gasteiger partial charge is 0.493 e. The number of fused-ring (bicyclic) bond motifs is 3. The van der Waals surface area contributed by atoms with Crippen molar-refractivity contribution in [2.75, 3.05) is 6.61 Å². The van der Waals surface area contributed by atoms with E-state index in [1.54, 1.807) is 6.92 Å². The highest BCUT2D eigenvalue weighted by atomic mass is 16.5. The van der Waals surface area contributed by atoms with E-state index in [1.165, 1.54) is 18.4 Å². The molecule has 3 fully saturated rings. The summed E-state index contributed by atoms with van der Waals surface area (Å²) in [6.45, 7) is 13.4. The molecule has 0 aromatic carbocycles. The van der Waals surface area contributed by atoms with Gasteiger partial charge in [0.2, 0.25) is 0 Å². The molecule has 0 spiro atoms. The van der Waals surface area contributed by atoms with E-state index in [0.29, 0.717) is 30.1 Å². The van der Waals surface area contributed by atoms with Crippen LogP contribution in [0.4, 0.5) is 0 Å². The second-order valence-corrected chi connectivity index (χ2v) is 9.96. The quantitative estimate of drug-likeness (QED) is 0.527. The zero-order valence-corrected chi connectivity index (χ0v) is 18.1. The number of ether oxygens (including phenoxy) is 1. The first-order valence-corrected chi connectivity index (χ1v) is 11.2. The minimum atomic E-state index is -0.380. The third-order valence-electron chi connectivity index (χ3n) is 9.20. The molecule has 28 heavy (non-hydrogen) atoms. The predicted octanol–water partition coefficient (Wildman–Crippen LogP) is 6.41. The molecule has 152 valence electrons. The average molecular weight is 381 g/mol. The fraction of sp³-hybridized carbons (Fsp3) is 0.654. The maximum absolute atomic E-state index is 13.0. The van der Waals surface area contributed by atoms with Crippen LogP contribution >= 0.6 is 0 Å². The van der Waals surface area contributed by atoms with E-state index in [9.17, 15) is 4.79 Å². The van der Waals surface area contributed by atoms with Gasteiger partial charge < -0.3 is 4.74 Å². The Kier molecular flexibility index (Phi) is 4.75. The van der Waals surface area contributed by atoms with Crippen LogP contribution < -0.4 is 0 Å². The summed E-state index contributed by atoms with van der Waals surface area (Å²) in [6, 6.07) is 0. The highest BCUT2D eigenvalue weighted by Crippen LogP contribution is 2.71. The zero-order valence-electron chi connectivity index (χ0n) is 18.1. The molecule has 0 amide bonds. The molecule has 1 aliphatic heterocycles. The van der Waals surface area contributed by atoms with Gasteiger partial charge in [-0.05, 0) is 81.6 Å². The van der Waals surface area contributed by atoms with Crippen LogP contribution in [0.15, 0.2) is 48.3 Å². The zero-order chi connectivity index (χ0) is 20.2. The smallest absolute Gasteiger partial charge is 0.144 e. The average Bonchev–Trinajstić information content (AvgIpc) is 2.91. The summed E-state index contributed by atoms with van der Waals surface area (Å²) in [5.41, 5.74) is 1.30. The van der Waals surface area contributed by atoms with E-state index in [1.807, 2.05) is 6.08 Å². The molecule has 0 bridgehead atoms. The molecule has 2 nitrogen and oxygen atoms in total. The van der Waals surface area contributed by atoms with Crippen LogP contribution in [0, 0.1) is 34.0 Å². The molecule has 0 N–H and O–H groups in total. The first-order chi connectivity index (χ1) is 13.3. The summed E-state index contributed by atoms with van der Waals surface area (Å²) in [4.78, 5) is 13.0. The number of ketones is 1. The van der Waals surface area contributed by atoms with Crippen molar-refractivity contribution < 1.29 is 9.53 Å². The first kappa shape index (κ1) is 19.7. The second-order valence-electron chi connectivity index (χ2n) is 9.96. The highest BCUT2D eigenvalue weighted by molar-refractivity contribution is 5.87. The highest BCUT2D eigenvalue weighted by Gasteiger charge is 2.67. The van der Waals surface area contributed by atoms with Crippen molar-refractivity contribution in [2.24, 2.45) is 34.0 Å². The Morgan fingerprint density at radius 1 is 1.21 bits per heavy atom. The predicted molar refractivity (Wildman–Crippen MR) is 115 cm³/mol. The molecule has 6 unspecified atom stereocenters. The Bertz CT molecular complexity index is 771. The maximum Gasteiger partial charge on any atom is 0.144 e. The van der Waals surface area contributed by atoms with Gasteiger partial charge in [0, 0.05) is 5.41 Å². The van der Waals surface area contributed by atoms with Crippen LogP contribution in [0.5, 0.6) is 0 Å². The maximum atomic E-state index is 13.0. The molecule has 1 heterocycles. The molecular formula is C26H36O2. The summed E-state index contributed by atoms with van der Waals surface area (Å²) in [6.07, 6.45) is 17.9. The van der Waals surface area contributed by atoms with Gasteiger partial charge in [-0.25, -0.2) is 0 Å². The minimum Gasteiger partial charge on any atom is -0.493 e. The van der Waals surface area contributed by atoms with E-state index in [0.717, 1.165) is 31.4 Å². The van der Waals surface area contributed by atoms with Gasteiger partial charge in [0.1, 0.15) is 18.1 Å². The van der Waals surface area contributed by atoms with Crippen LogP contribution in [0.25, 0.3) is 0 Å². The molecule has 3 aliphatic carbocycles. The van der Waals surface area contributed by atoms with Gasteiger partial charge in [0.25, 0.3) is 0 Å². The van der Waals surface area contributed by atoms with Crippen LogP contribution in [0.3, 0.4) is 0 Å². The molecule has 0 aromatic heterocycles. The number of carbonyl (C=O) groups excluding carboxylic acids is 1. The van der Waals surface area contributed by atoms with Crippen LogP contribution in [0.1, 0.15) is 66.2 Å². The number of hydrogen-bond acceptors (Lipinski definition) is 2. The number of rotatable bonds is 4. The van der Waals surface area contributed by atoms with E-state index in [-0.39, 0.29) is 16.2 Å². The molecule has 0 saturated heterocycles. The Morgan fingerprint density at radius 2 is 1.93 bits per heavy atom. The third kappa shape index (κ3) is 2.36. The Labute approximate surface area is 170 Å². The lowest BCUT2D eigenvalue weighted by Gasteiger charge is -2.59. The van der Waals surface area contributed by atoms with E-state index < -0.39 is 0 Å². The standard InChI is InChI=1S/C26H36O2/c1-6-8-19-9-10-20-21(24(19,4)14-7-2)11-15-25(5)22(20)12-16-26(25,18(3)27)23-13-17-28-23/h6-8,13-14,20-22H,1,9-12,15-17H2,2-5H3/b14-7-,19-8-. The van der Waals surface area contributed by atoms with E-state index in [2.05, 4.69) is 51.7 Å². The van der Waals surface area contributed by atoms with Gasteiger partial charge in [-0.1, -0.05) is 50.3 Å². The Morgan fingerprint density at radius 3 is 2.50 bits per heavy atom. The molecular weight excluding hydrogens is 344 g/mol. The van der Waals surface area contributed by atoms with Crippen molar-refractivity contribution >= 4 is 5.78 Å². The monoisotopic (exact) mass is 380 g/mol. The number of carbonyl (C=O) groups is 1. The molecule has 6 atom stereocenters. The van der Waals surface area contributed by atoms with Crippen LogP contribution in [-0.4, -0.2) is 12.4 Å². The molecule has 0 radical (unpaired) electrons. The molecule has 4 aliphatic rings. The van der Waals surface area contributed by atoms with Crippen LogP contribution in [-0.2, 0) is 9.53 Å². The van der Waals surface area contributed by atoms with Gasteiger partial charge in [-0.15, -0.1) is 0 Å². The third-order valence-corrected chi connectivity index (χ3v) is 9.20. The molecule has 4 rings (SSSR count). The number of hydrogen-bond donors (Lipinski definition) is 0. The summed E-state index contributed by atoms with van der Waals surface area (Å²) >= 11 is 0. The van der Waals surface area contributed by atoms with Crippen molar-refractivity contribution in [2.45, 2.75) is 66.2 Å². The van der Waals surface area contributed by atoms with Crippen molar-refractivity contribution in [3.8, 4) is 0 Å².